The van der Waals surface area contributed by atoms with Gasteiger partial charge in [-0.2, -0.15) is 0 Å². The van der Waals surface area contributed by atoms with Gasteiger partial charge in [0.05, 0.1) is 5.41 Å². The quantitative estimate of drug-likeness (QED) is 0.554. The Labute approximate surface area is 155 Å². The summed E-state index contributed by atoms with van der Waals surface area (Å²) in [7, 11) is 0. The average Bonchev–Trinajstić information content (AvgIpc) is 2.38. The summed E-state index contributed by atoms with van der Waals surface area (Å²) in [4.78, 5) is 24.4. The van der Waals surface area contributed by atoms with Crippen LogP contribution in [0.15, 0.2) is 0 Å². The fourth-order valence-corrected chi connectivity index (χ4v) is 3.44. The first-order chi connectivity index (χ1) is 11.2. The number of nitrogens with one attached hydrogen (secondary N) is 1. The Bertz CT molecular complexity index is 433. The van der Waals surface area contributed by atoms with Crippen molar-refractivity contribution in [2.24, 2.45) is 16.7 Å². The van der Waals surface area contributed by atoms with E-state index in [1.54, 1.807) is 0 Å². The molecule has 0 saturated heterocycles. The smallest absolute Gasteiger partial charge is 0.312 e. The molecule has 0 fully saturated rings. The van der Waals surface area contributed by atoms with Gasteiger partial charge in [-0.05, 0) is 58.3 Å². The zero-order valence-electron chi connectivity index (χ0n) is 18.0. The monoisotopic (exact) mass is 355 g/mol. The summed E-state index contributed by atoms with van der Waals surface area (Å²) in [5.74, 6) is 0.158. The minimum Gasteiger partial charge on any atom is -0.459 e. The normalized spacial score (nSPS) is 14.1. The lowest BCUT2D eigenvalue weighted by atomic mass is 9.81. The highest BCUT2D eigenvalue weighted by molar-refractivity contribution is 5.76. The summed E-state index contributed by atoms with van der Waals surface area (Å²) in [6, 6.07) is 0. The van der Waals surface area contributed by atoms with E-state index in [1.165, 1.54) is 0 Å². The van der Waals surface area contributed by atoms with Gasteiger partial charge in [0.2, 0.25) is 5.91 Å². The number of carbonyl (C=O) groups is 2. The number of hydrogen-bond donors (Lipinski definition) is 1. The van der Waals surface area contributed by atoms with E-state index in [2.05, 4.69) is 39.9 Å². The lowest BCUT2D eigenvalue weighted by Crippen LogP contribution is -2.39. The highest BCUT2D eigenvalue weighted by atomic mass is 16.6. The molecule has 0 rings (SSSR count). The SMILES string of the molecule is CCCCC(=O)NCC(C)CC(C)(C)C(=O)OC(C)(C)CC(C)(C)C. The van der Waals surface area contributed by atoms with Gasteiger partial charge in [0.15, 0.2) is 0 Å². The van der Waals surface area contributed by atoms with Crippen LogP contribution >= 0.6 is 0 Å². The number of rotatable bonds is 10. The molecule has 0 aromatic carbocycles. The second kappa shape index (κ2) is 9.59. The molecule has 0 saturated carbocycles. The molecule has 0 aliphatic carbocycles. The Kier molecular flexibility index (Phi) is 9.18. The van der Waals surface area contributed by atoms with Gasteiger partial charge in [0, 0.05) is 13.0 Å². The van der Waals surface area contributed by atoms with Crippen LogP contribution in [0, 0.1) is 16.7 Å². The summed E-state index contributed by atoms with van der Waals surface area (Å²) in [6.45, 7) is 19.0. The third-order valence-corrected chi connectivity index (χ3v) is 4.14. The number of hydrogen-bond acceptors (Lipinski definition) is 3. The number of amides is 1. The lowest BCUT2D eigenvalue weighted by Gasteiger charge is -2.36. The van der Waals surface area contributed by atoms with Gasteiger partial charge in [0.25, 0.3) is 0 Å². The summed E-state index contributed by atoms with van der Waals surface area (Å²) < 4.78 is 5.83. The van der Waals surface area contributed by atoms with Crippen LogP contribution < -0.4 is 5.32 Å². The molecular weight excluding hydrogens is 314 g/mol. The van der Waals surface area contributed by atoms with Gasteiger partial charge in [-0.1, -0.05) is 41.0 Å². The van der Waals surface area contributed by atoms with Crippen LogP contribution in [0.4, 0.5) is 0 Å². The van der Waals surface area contributed by atoms with Gasteiger partial charge in [0.1, 0.15) is 5.60 Å². The Balaban J connectivity index is 4.54. The number of carbonyl (C=O) groups excluding carboxylic acids is 2. The second-order valence-corrected chi connectivity index (χ2v) is 9.99. The van der Waals surface area contributed by atoms with Crippen molar-refractivity contribution in [3.63, 3.8) is 0 Å². The van der Waals surface area contributed by atoms with E-state index >= 15 is 0 Å². The first-order valence-corrected chi connectivity index (χ1v) is 9.69. The Morgan fingerprint density at radius 2 is 1.60 bits per heavy atom. The van der Waals surface area contributed by atoms with E-state index in [1.807, 2.05) is 27.7 Å². The lowest BCUT2D eigenvalue weighted by molar-refractivity contribution is -0.170. The van der Waals surface area contributed by atoms with E-state index < -0.39 is 11.0 Å². The van der Waals surface area contributed by atoms with Crippen LogP contribution in [0.3, 0.4) is 0 Å². The predicted octanol–water partition coefficient (Wildman–Crippen LogP) is 5.10. The average molecular weight is 356 g/mol. The highest BCUT2D eigenvalue weighted by Crippen LogP contribution is 2.33. The Morgan fingerprint density at radius 1 is 1.04 bits per heavy atom. The molecule has 0 aliphatic rings. The predicted molar refractivity (Wildman–Crippen MR) is 104 cm³/mol. The topological polar surface area (TPSA) is 55.4 Å². The molecule has 0 spiro atoms. The van der Waals surface area contributed by atoms with Crippen LogP contribution in [-0.4, -0.2) is 24.0 Å². The number of esters is 1. The maximum absolute atomic E-state index is 12.7. The minimum absolute atomic E-state index is 0.0976. The van der Waals surface area contributed by atoms with E-state index in [0.717, 1.165) is 19.3 Å². The van der Waals surface area contributed by atoms with Crippen molar-refractivity contribution >= 4 is 11.9 Å². The van der Waals surface area contributed by atoms with Crippen molar-refractivity contribution in [2.45, 2.75) is 100 Å². The molecule has 1 amide bonds. The van der Waals surface area contributed by atoms with Crippen LogP contribution in [0.25, 0.3) is 0 Å². The van der Waals surface area contributed by atoms with Crippen molar-refractivity contribution in [1.29, 1.82) is 0 Å². The van der Waals surface area contributed by atoms with E-state index in [4.69, 9.17) is 4.74 Å². The molecule has 0 aliphatic heterocycles. The molecule has 0 heterocycles. The summed E-state index contributed by atoms with van der Waals surface area (Å²) in [6.07, 6.45) is 4.01. The third kappa shape index (κ3) is 11.2. The van der Waals surface area contributed by atoms with Gasteiger partial charge >= 0.3 is 5.97 Å². The molecule has 25 heavy (non-hydrogen) atoms. The second-order valence-electron chi connectivity index (χ2n) is 9.99. The summed E-state index contributed by atoms with van der Waals surface area (Å²) in [5.41, 5.74) is -0.948. The fourth-order valence-electron chi connectivity index (χ4n) is 3.44. The first-order valence-electron chi connectivity index (χ1n) is 9.69. The van der Waals surface area contributed by atoms with Crippen LogP contribution in [-0.2, 0) is 14.3 Å². The van der Waals surface area contributed by atoms with Crippen LogP contribution in [0.2, 0.25) is 0 Å². The molecule has 4 nitrogen and oxygen atoms in total. The molecule has 1 unspecified atom stereocenters. The largest absolute Gasteiger partial charge is 0.459 e. The van der Waals surface area contributed by atoms with Gasteiger partial charge in [-0.3, -0.25) is 9.59 Å². The number of unbranched alkanes of at least 4 members (excludes halogenated alkanes) is 1. The third-order valence-electron chi connectivity index (χ3n) is 4.14. The standard InChI is InChI=1S/C21H41NO3/c1-10-11-12-17(23)22-14-16(2)13-20(6,7)18(24)25-21(8,9)15-19(3,4)5/h16H,10-15H2,1-9H3,(H,22,23). The van der Waals surface area contributed by atoms with E-state index in [-0.39, 0.29) is 23.2 Å². The van der Waals surface area contributed by atoms with Crippen LogP contribution in [0.1, 0.15) is 94.4 Å². The summed E-state index contributed by atoms with van der Waals surface area (Å²) in [5, 5.41) is 2.97. The molecule has 0 aromatic heterocycles. The Morgan fingerprint density at radius 3 is 2.08 bits per heavy atom. The minimum atomic E-state index is -0.567. The highest BCUT2D eigenvalue weighted by Gasteiger charge is 2.36. The van der Waals surface area contributed by atoms with Gasteiger partial charge in [-0.25, -0.2) is 0 Å². The van der Waals surface area contributed by atoms with Gasteiger partial charge in [-0.15, -0.1) is 0 Å². The van der Waals surface area contributed by atoms with E-state index in [0.29, 0.717) is 19.4 Å². The molecule has 4 heteroatoms. The first kappa shape index (κ1) is 23.9. The molecule has 148 valence electrons. The molecule has 0 radical (unpaired) electrons. The van der Waals surface area contributed by atoms with Crippen molar-refractivity contribution in [3.05, 3.63) is 0 Å². The molecule has 0 aromatic rings. The maximum Gasteiger partial charge on any atom is 0.312 e. The molecule has 1 N–H and O–H groups in total. The molecule has 1 atom stereocenters. The zero-order chi connectivity index (χ0) is 19.9. The van der Waals surface area contributed by atoms with Gasteiger partial charge < -0.3 is 10.1 Å². The molecular formula is C21H41NO3. The Hall–Kier alpha value is -1.06. The fraction of sp³-hybridized carbons (Fsp3) is 0.905. The van der Waals surface area contributed by atoms with E-state index in [9.17, 15) is 9.59 Å². The number of ether oxygens (including phenoxy) is 1. The van der Waals surface area contributed by atoms with Crippen molar-refractivity contribution < 1.29 is 14.3 Å². The van der Waals surface area contributed by atoms with Crippen molar-refractivity contribution in [3.8, 4) is 0 Å². The van der Waals surface area contributed by atoms with Crippen LogP contribution in [0.5, 0.6) is 0 Å². The zero-order valence-corrected chi connectivity index (χ0v) is 18.0. The van der Waals surface area contributed by atoms with Crippen molar-refractivity contribution in [2.75, 3.05) is 6.54 Å². The van der Waals surface area contributed by atoms with Crippen molar-refractivity contribution in [1.82, 2.24) is 5.32 Å². The molecule has 0 bridgehead atoms. The summed E-state index contributed by atoms with van der Waals surface area (Å²) >= 11 is 0. The maximum atomic E-state index is 12.7.